The van der Waals surface area contributed by atoms with Crippen LogP contribution >= 0.6 is 0 Å². The van der Waals surface area contributed by atoms with Crippen molar-refractivity contribution in [2.75, 3.05) is 6.54 Å². The highest BCUT2D eigenvalue weighted by Crippen LogP contribution is 2.16. The van der Waals surface area contributed by atoms with Crippen molar-refractivity contribution in [3.05, 3.63) is 23.8 Å². The van der Waals surface area contributed by atoms with Crippen LogP contribution in [0.1, 0.15) is 12.8 Å². The molecule has 0 fully saturated rings. The van der Waals surface area contributed by atoms with Crippen LogP contribution in [0.5, 0.6) is 0 Å². The molecule has 0 atom stereocenters. The first-order chi connectivity index (χ1) is 4.97. The predicted octanol–water partition coefficient (Wildman–Crippen LogP) is 1.24. The van der Waals surface area contributed by atoms with Crippen LogP contribution in [0.25, 0.3) is 0 Å². The minimum atomic E-state index is 0.771. The average Bonchev–Trinajstić information content (AvgIpc) is 2.05. The van der Waals surface area contributed by atoms with Gasteiger partial charge in [-0.25, -0.2) is 0 Å². The third-order valence-electron chi connectivity index (χ3n) is 1.78. The van der Waals surface area contributed by atoms with E-state index in [1.54, 1.807) is 0 Å². The maximum absolute atomic E-state index is 4.04. The van der Waals surface area contributed by atoms with E-state index in [9.17, 15) is 0 Å². The maximum atomic E-state index is 4.04. The lowest BCUT2D eigenvalue weighted by Crippen LogP contribution is -2.14. The molecular formula is C8H9N2. The first-order valence-electron chi connectivity index (χ1n) is 3.57. The zero-order valence-corrected chi connectivity index (χ0v) is 5.75. The van der Waals surface area contributed by atoms with Gasteiger partial charge < -0.3 is 0 Å². The Bertz CT molecular complexity index is 223. The highest BCUT2D eigenvalue weighted by atomic mass is 15.3. The van der Waals surface area contributed by atoms with Gasteiger partial charge in [0.05, 0.1) is 12.3 Å². The molecule has 0 saturated heterocycles. The highest BCUT2D eigenvalue weighted by molar-refractivity contribution is 6.09. The van der Waals surface area contributed by atoms with Crippen LogP contribution in [0.4, 0.5) is 0 Å². The highest BCUT2D eigenvalue weighted by Gasteiger charge is 2.10. The van der Waals surface area contributed by atoms with Crippen molar-refractivity contribution in [2.24, 2.45) is 5.10 Å². The molecule has 0 aromatic carbocycles. The predicted molar refractivity (Wildman–Crippen MR) is 40.9 cm³/mol. The van der Waals surface area contributed by atoms with Crippen LogP contribution in [0, 0.1) is 0 Å². The second kappa shape index (κ2) is 2.29. The molecule has 1 radical (unpaired) electrons. The monoisotopic (exact) mass is 133 g/mol. The number of fused-ring (bicyclic) bond motifs is 1. The van der Waals surface area contributed by atoms with Crippen LogP contribution < -0.4 is 5.43 Å². The summed E-state index contributed by atoms with van der Waals surface area (Å²) >= 11 is 0. The summed E-state index contributed by atoms with van der Waals surface area (Å²) < 4.78 is 0. The molecule has 0 bridgehead atoms. The average molecular weight is 133 g/mol. The van der Waals surface area contributed by atoms with E-state index < -0.39 is 0 Å². The Kier molecular flexibility index (Phi) is 1.31. The molecular weight excluding hydrogens is 124 g/mol. The van der Waals surface area contributed by atoms with E-state index in [4.69, 9.17) is 0 Å². The maximum Gasteiger partial charge on any atom is 0.0879 e. The van der Waals surface area contributed by atoms with Gasteiger partial charge in [0.1, 0.15) is 0 Å². The van der Waals surface area contributed by atoms with Crippen molar-refractivity contribution < 1.29 is 0 Å². The molecule has 2 nitrogen and oxygen atoms in total. The number of allylic oxidation sites excluding steroid dienone is 3. The van der Waals surface area contributed by atoms with Crippen molar-refractivity contribution in [1.82, 2.24) is 5.43 Å². The van der Waals surface area contributed by atoms with Crippen molar-refractivity contribution >= 4 is 5.71 Å². The molecule has 1 heterocycles. The van der Waals surface area contributed by atoms with Gasteiger partial charge in [0.25, 0.3) is 0 Å². The summed E-state index contributed by atoms with van der Waals surface area (Å²) in [6.45, 7) is 0.771. The summed E-state index contributed by atoms with van der Waals surface area (Å²) in [6, 6.07) is 0. The SMILES string of the molecule is C1=CC2=N[N]CC=C2CC1. The molecule has 2 rings (SSSR count). The Hall–Kier alpha value is -1.05. The lowest BCUT2D eigenvalue weighted by molar-refractivity contribution is 0.780. The van der Waals surface area contributed by atoms with Gasteiger partial charge in [-0.15, -0.1) is 0 Å². The van der Waals surface area contributed by atoms with E-state index in [0.29, 0.717) is 0 Å². The van der Waals surface area contributed by atoms with Gasteiger partial charge in [-0.2, -0.15) is 10.5 Å². The molecule has 1 aliphatic heterocycles. The fourth-order valence-electron chi connectivity index (χ4n) is 1.24. The Morgan fingerprint density at radius 3 is 3.30 bits per heavy atom. The summed E-state index contributed by atoms with van der Waals surface area (Å²) in [5, 5.41) is 4.04. The second-order valence-corrected chi connectivity index (χ2v) is 2.48. The van der Waals surface area contributed by atoms with E-state index in [0.717, 1.165) is 25.1 Å². The van der Waals surface area contributed by atoms with Crippen LogP contribution in [-0.2, 0) is 0 Å². The molecule has 51 valence electrons. The fourth-order valence-corrected chi connectivity index (χ4v) is 1.24. The Labute approximate surface area is 60.3 Å². The first-order valence-corrected chi connectivity index (χ1v) is 3.57. The zero-order chi connectivity index (χ0) is 6.81. The molecule has 0 saturated carbocycles. The molecule has 1 aliphatic carbocycles. The molecule has 0 unspecified atom stereocenters. The molecule has 0 spiro atoms. The Balaban J connectivity index is 2.33. The smallest absolute Gasteiger partial charge is 0.0879 e. The minimum absolute atomic E-state index is 0.771. The lowest BCUT2D eigenvalue weighted by atomic mass is 9.98. The second-order valence-electron chi connectivity index (χ2n) is 2.48. The van der Waals surface area contributed by atoms with Crippen molar-refractivity contribution in [3.8, 4) is 0 Å². The minimum Gasteiger partial charge on any atom is -0.184 e. The van der Waals surface area contributed by atoms with E-state index in [1.807, 2.05) is 0 Å². The lowest BCUT2D eigenvalue weighted by Gasteiger charge is -2.13. The van der Waals surface area contributed by atoms with Crippen molar-refractivity contribution in [3.63, 3.8) is 0 Å². The van der Waals surface area contributed by atoms with Gasteiger partial charge in [-0.3, -0.25) is 0 Å². The third-order valence-corrected chi connectivity index (χ3v) is 1.78. The molecule has 0 aromatic heterocycles. The quantitative estimate of drug-likeness (QED) is 0.475. The normalized spacial score (nSPS) is 22.4. The Morgan fingerprint density at radius 2 is 2.40 bits per heavy atom. The summed E-state index contributed by atoms with van der Waals surface area (Å²) in [4.78, 5) is 0. The topological polar surface area (TPSA) is 26.5 Å². The van der Waals surface area contributed by atoms with Crippen LogP contribution in [-0.4, -0.2) is 12.3 Å². The summed E-state index contributed by atoms with van der Waals surface area (Å²) in [7, 11) is 0. The molecule has 0 amide bonds. The number of rotatable bonds is 0. The van der Waals surface area contributed by atoms with E-state index in [-0.39, 0.29) is 0 Å². The van der Waals surface area contributed by atoms with Gasteiger partial charge in [-0.1, -0.05) is 12.2 Å². The number of nitrogens with zero attached hydrogens (tertiary/aromatic N) is 2. The molecule has 0 N–H and O–H groups in total. The van der Waals surface area contributed by atoms with Gasteiger partial charge in [0.15, 0.2) is 0 Å². The van der Waals surface area contributed by atoms with E-state index >= 15 is 0 Å². The van der Waals surface area contributed by atoms with Crippen LogP contribution in [0.3, 0.4) is 0 Å². The summed E-state index contributed by atoms with van der Waals surface area (Å²) in [5.41, 5.74) is 6.36. The Morgan fingerprint density at radius 1 is 1.40 bits per heavy atom. The van der Waals surface area contributed by atoms with Gasteiger partial charge in [-0.05, 0) is 24.5 Å². The molecule has 10 heavy (non-hydrogen) atoms. The van der Waals surface area contributed by atoms with Gasteiger partial charge >= 0.3 is 0 Å². The molecule has 2 aliphatic rings. The van der Waals surface area contributed by atoms with Gasteiger partial charge in [0.2, 0.25) is 0 Å². The van der Waals surface area contributed by atoms with Crippen molar-refractivity contribution in [1.29, 1.82) is 0 Å². The molecule has 0 aromatic rings. The number of hydrogen-bond donors (Lipinski definition) is 0. The molecule has 2 heteroatoms. The van der Waals surface area contributed by atoms with Crippen LogP contribution in [0.2, 0.25) is 0 Å². The summed E-state index contributed by atoms with van der Waals surface area (Å²) in [6.07, 6.45) is 8.66. The summed E-state index contributed by atoms with van der Waals surface area (Å²) in [5.74, 6) is 0. The zero-order valence-electron chi connectivity index (χ0n) is 5.75. The van der Waals surface area contributed by atoms with Gasteiger partial charge in [0, 0.05) is 0 Å². The number of hydrogen-bond acceptors (Lipinski definition) is 1. The third kappa shape index (κ3) is 0.856. The standard InChI is InChI=1S/C8H9N2/c1-2-4-8-7(3-1)5-6-9-10-8/h2,4-5H,1,3,6H2. The largest absolute Gasteiger partial charge is 0.184 e. The van der Waals surface area contributed by atoms with E-state index in [2.05, 4.69) is 28.8 Å². The van der Waals surface area contributed by atoms with Crippen molar-refractivity contribution in [2.45, 2.75) is 12.8 Å². The fraction of sp³-hybridized carbons (Fsp3) is 0.375. The van der Waals surface area contributed by atoms with Crippen LogP contribution in [0.15, 0.2) is 28.9 Å². The first kappa shape index (κ1) is 5.71. The van der Waals surface area contributed by atoms with E-state index in [1.165, 1.54) is 5.57 Å².